The standard InChI is InChI=1S/C13H20O2/c1-10(14)9-15-12-7-5-11(6-8-12)13(2,3)4/h5-8,10,14H,9H2,1-4H3/t10-/m0/s1. The summed E-state index contributed by atoms with van der Waals surface area (Å²) in [5.74, 6) is 0.809. The molecule has 0 aliphatic rings. The Morgan fingerprint density at radius 3 is 2.13 bits per heavy atom. The second kappa shape index (κ2) is 4.67. The van der Waals surface area contributed by atoms with Gasteiger partial charge in [0, 0.05) is 0 Å². The second-order valence-corrected chi connectivity index (χ2v) is 4.93. The van der Waals surface area contributed by atoms with Gasteiger partial charge in [-0.05, 0) is 30.0 Å². The van der Waals surface area contributed by atoms with Crippen LogP contribution in [0.15, 0.2) is 24.3 Å². The molecule has 15 heavy (non-hydrogen) atoms. The fourth-order valence-corrected chi connectivity index (χ4v) is 1.27. The number of ether oxygens (including phenoxy) is 1. The third-order valence-corrected chi connectivity index (χ3v) is 2.21. The average molecular weight is 208 g/mol. The lowest BCUT2D eigenvalue weighted by Crippen LogP contribution is -2.13. The molecule has 2 nitrogen and oxygen atoms in total. The van der Waals surface area contributed by atoms with Crippen LogP contribution in [0.25, 0.3) is 0 Å². The number of hydrogen-bond donors (Lipinski definition) is 1. The van der Waals surface area contributed by atoms with Crippen LogP contribution < -0.4 is 4.74 Å². The van der Waals surface area contributed by atoms with Gasteiger partial charge in [0.2, 0.25) is 0 Å². The highest BCUT2D eigenvalue weighted by atomic mass is 16.5. The minimum Gasteiger partial charge on any atom is -0.491 e. The molecule has 0 aliphatic heterocycles. The molecule has 0 saturated carbocycles. The van der Waals surface area contributed by atoms with Gasteiger partial charge in [-0.1, -0.05) is 32.9 Å². The molecule has 0 aromatic heterocycles. The van der Waals surface area contributed by atoms with Crippen molar-refractivity contribution in [1.82, 2.24) is 0 Å². The van der Waals surface area contributed by atoms with Gasteiger partial charge in [-0.3, -0.25) is 0 Å². The van der Waals surface area contributed by atoms with Crippen molar-refractivity contribution in [2.24, 2.45) is 0 Å². The Hall–Kier alpha value is -1.02. The molecular weight excluding hydrogens is 188 g/mol. The van der Waals surface area contributed by atoms with Gasteiger partial charge in [-0.2, -0.15) is 0 Å². The minimum atomic E-state index is -0.424. The van der Waals surface area contributed by atoms with Crippen LogP contribution in [0.3, 0.4) is 0 Å². The predicted molar refractivity (Wildman–Crippen MR) is 62.3 cm³/mol. The van der Waals surface area contributed by atoms with E-state index in [2.05, 4.69) is 32.9 Å². The molecule has 1 N–H and O–H groups in total. The first kappa shape index (κ1) is 12.1. The Morgan fingerprint density at radius 2 is 1.73 bits per heavy atom. The fourth-order valence-electron chi connectivity index (χ4n) is 1.27. The van der Waals surface area contributed by atoms with Gasteiger partial charge in [0.1, 0.15) is 12.4 Å². The molecule has 1 aromatic rings. The maximum absolute atomic E-state index is 9.07. The number of benzene rings is 1. The van der Waals surface area contributed by atoms with E-state index in [0.29, 0.717) is 6.61 Å². The van der Waals surface area contributed by atoms with Crippen LogP contribution >= 0.6 is 0 Å². The highest BCUT2D eigenvalue weighted by molar-refractivity contribution is 5.31. The zero-order valence-electron chi connectivity index (χ0n) is 9.95. The number of rotatable bonds is 3. The third-order valence-electron chi connectivity index (χ3n) is 2.21. The summed E-state index contributed by atoms with van der Waals surface area (Å²) >= 11 is 0. The molecule has 1 atom stereocenters. The smallest absolute Gasteiger partial charge is 0.119 e. The largest absolute Gasteiger partial charge is 0.491 e. The highest BCUT2D eigenvalue weighted by Gasteiger charge is 2.12. The van der Waals surface area contributed by atoms with Crippen LogP contribution in [-0.2, 0) is 5.41 Å². The number of hydrogen-bond acceptors (Lipinski definition) is 2. The summed E-state index contributed by atoms with van der Waals surface area (Å²) in [7, 11) is 0. The molecule has 0 heterocycles. The zero-order valence-corrected chi connectivity index (χ0v) is 9.95. The lowest BCUT2D eigenvalue weighted by Gasteiger charge is -2.19. The molecule has 0 unspecified atom stereocenters. The van der Waals surface area contributed by atoms with Crippen LogP contribution in [0.1, 0.15) is 33.3 Å². The first-order valence-corrected chi connectivity index (χ1v) is 5.31. The molecule has 2 heteroatoms. The van der Waals surface area contributed by atoms with E-state index in [1.165, 1.54) is 5.56 Å². The zero-order chi connectivity index (χ0) is 11.5. The Balaban J connectivity index is 2.65. The van der Waals surface area contributed by atoms with Crippen molar-refractivity contribution in [1.29, 1.82) is 0 Å². The topological polar surface area (TPSA) is 29.5 Å². The van der Waals surface area contributed by atoms with Crippen molar-refractivity contribution in [3.8, 4) is 5.75 Å². The Morgan fingerprint density at radius 1 is 1.20 bits per heavy atom. The molecule has 0 amide bonds. The predicted octanol–water partition coefficient (Wildman–Crippen LogP) is 2.74. The second-order valence-electron chi connectivity index (χ2n) is 4.93. The third kappa shape index (κ3) is 3.92. The maximum atomic E-state index is 9.07. The molecule has 0 fully saturated rings. The van der Waals surface area contributed by atoms with Crippen molar-refractivity contribution < 1.29 is 9.84 Å². The van der Waals surface area contributed by atoms with Crippen LogP contribution in [-0.4, -0.2) is 17.8 Å². The molecule has 84 valence electrons. The Kier molecular flexibility index (Phi) is 3.75. The van der Waals surface area contributed by atoms with Crippen LogP contribution in [0.2, 0.25) is 0 Å². The average Bonchev–Trinajstić information content (AvgIpc) is 2.14. The molecule has 0 spiro atoms. The van der Waals surface area contributed by atoms with Crippen molar-refractivity contribution in [2.75, 3.05) is 6.61 Å². The van der Waals surface area contributed by atoms with Gasteiger partial charge in [-0.15, -0.1) is 0 Å². The van der Waals surface area contributed by atoms with E-state index in [1.54, 1.807) is 6.92 Å². The van der Waals surface area contributed by atoms with E-state index < -0.39 is 6.10 Å². The van der Waals surface area contributed by atoms with Gasteiger partial charge < -0.3 is 9.84 Å². The van der Waals surface area contributed by atoms with E-state index in [4.69, 9.17) is 9.84 Å². The summed E-state index contributed by atoms with van der Waals surface area (Å²) in [4.78, 5) is 0. The lowest BCUT2D eigenvalue weighted by molar-refractivity contribution is 0.122. The van der Waals surface area contributed by atoms with Crippen molar-refractivity contribution >= 4 is 0 Å². The Labute approximate surface area is 91.9 Å². The summed E-state index contributed by atoms with van der Waals surface area (Å²) in [5.41, 5.74) is 1.45. The van der Waals surface area contributed by atoms with Gasteiger partial charge in [0.25, 0.3) is 0 Å². The summed E-state index contributed by atoms with van der Waals surface area (Å²) in [5, 5.41) is 9.07. The van der Waals surface area contributed by atoms with E-state index in [-0.39, 0.29) is 5.41 Å². The Bertz CT molecular complexity index is 293. The SMILES string of the molecule is C[C@H](O)COc1ccc(C(C)(C)C)cc1. The summed E-state index contributed by atoms with van der Waals surface area (Å²) in [6, 6.07) is 8.03. The normalized spacial score (nSPS) is 13.7. The number of aliphatic hydroxyl groups is 1. The molecule has 1 rings (SSSR count). The quantitative estimate of drug-likeness (QED) is 0.827. The highest BCUT2D eigenvalue weighted by Crippen LogP contribution is 2.24. The van der Waals surface area contributed by atoms with Crippen molar-refractivity contribution in [3.63, 3.8) is 0 Å². The minimum absolute atomic E-state index is 0.169. The molecule has 1 aromatic carbocycles. The molecule has 0 saturated heterocycles. The van der Waals surface area contributed by atoms with E-state index in [9.17, 15) is 0 Å². The van der Waals surface area contributed by atoms with E-state index >= 15 is 0 Å². The first-order chi connectivity index (χ1) is 6.89. The van der Waals surface area contributed by atoms with Gasteiger partial charge in [0.15, 0.2) is 0 Å². The van der Waals surface area contributed by atoms with Crippen LogP contribution in [0.4, 0.5) is 0 Å². The monoisotopic (exact) mass is 208 g/mol. The van der Waals surface area contributed by atoms with Crippen molar-refractivity contribution in [3.05, 3.63) is 29.8 Å². The summed E-state index contributed by atoms with van der Waals surface area (Å²) < 4.78 is 5.39. The number of aliphatic hydroxyl groups excluding tert-OH is 1. The van der Waals surface area contributed by atoms with Gasteiger partial charge >= 0.3 is 0 Å². The first-order valence-electron chi connectivity index (χ1n) is 5.31. The van der Waals surface area contributed by atoms with Crippen LogP contribution in [0, 0.1) is 0 Å². The van der Waals surface area contributed by atoms with Crippen molar-refractivity contribution in [2.45, 2.75) is 39.2 Å². The summed E-state index contributed by atoms with van der Waals surface area (Å²) in [6.07, 6.45) is -0.424. The molecule has 0 radical (unpaired) electrons. The molecule has 0 aliphatic carbocycles. The van der Waals surface area contributed by atoms with Gasteiger partial charge in [0.05, 0.1) is 6.10 Å². The summed E-state index contributed by atoms with van der Waals surface area (Å²) in [6.45, 7) is 8.59. The van der Waals surface area contributed by atoms with Gasteiger partial charge in [-0.25, -0.2) is 0 Å². The van der Waals surface area contributed by atoms with Crippen LogP contribution in [0.5, 0.6) is 5.75 Å². The maximum Gasteiger partial charge on any atom is 0.119 e. The lowest BCUT2D eigenvalue weighted by atomic mass is 9.87. The molecule has 0 bridgehead atoms. The fraction of sp³-hybridized carbons (Fsp3) is 0.538. The van der Waals surface area contributed by atoms with E-state index in [1.807, 2.05) is 12.1 Å². The van der Waals surface area contributed by atoms with E-state index in [0.717, 1.165) is 5.75 Å². The molecular formula is C13H20O2.